The van der Waals surface area contributed by atoms with Gasteiger partial charge in [0.2, 0.25) is 0 Å². The maximum absolute atomic E-state index is 12.9. The molecule has 0 fully saturated rings. The Bertz CT molecular complexity index is 301. The van der Waals surface area contributed by atoms with Crippen molar-refractivity contribution in [2.24, 2.45) is 0 Å². The first-order valence-electron chi connectivity index (χ1n) is 2.95. The maximum atomic E-state index is 12.9. The minimum atomic E-state index is -2.82. The van der Waals surface area contributed by atoms with E-state index in [4.69, 9.17) is 11.6 Å². The third kappa shape index (κ3) is 2.04. The molecule has 5 heteroatoms. The van der Waals surface area contributed by atoms with Crippen LogP contribution >= 0.6 is 34.2 Å². The van der Waals surface area contributed by atoms with Gasteiger partial charge in [-0.1, -0.05) is 11.6 Å². The molecule has 0 amide bonds. The summed E-state index contributed by atoms with van der Waals surface area (Å²) in [5.74, 6) is -0.894. The van der Waals surface area contributed by atoms with E-state index >= 15 is 0 Å². The topological polar surface area (TPSA) is 0 Å². The molecule has 0 unspecified atom stereocenters. The van der Waals surface area contributed by atoms with E-state index in [1.807, 2.05) is 0 Å². The third-order valence-corrected chi connectivity index (χ3v) is 2.26. The van der Waals surface area contributed by atoms with Gasteiger partial charge in [-0.2, -0.15) is 0 Å². The van der Waals surface area contributed by atoms with Crippen LogP contribution in [-0.4, -0.2) is 0 Å². The van der Waals surface area contributed by atoms with Crippen molar-refractivity contribution in [3.8, 4) is 0 Å². The molecule has 0 saturated carbocycles. The molecule has 0 aliphatic rings. The Balaban J connectivity index is 3.28. The van der Waals surface area contributed by atoms with E-state index in [-0.39, 0.29) is 8.59 Å². The van der Waals surface area contributed by atoms with Crippen LogP contribution in [0.25, 0.3) is 0 Å². The molecule has 12 heavy (non-hydrogen) atoms. The van der Waals surface area contributed by atoms with Crippen LogP contribution in [0.5, 0.6) is 0 Å². The Morgan fingerprint density at radius 2 is 1.92 bits per heavy atom. The van der Waals surface area contributed by atoms with Gasteiger partial charge in [0.05, 0.1) is 9.13 Å². The standard InChI is InChI=1S/C7H3ClF3I/c8-3-1-4(7(10)11)6(9)5(12)2-3/h1-2,7H. The van der Waals surface area contributed by atoms with E-state index in [0.717, 1.165) is 6.07 Å². The summed E-state index contributed by atoms with van der Waals surface area (Å²) < 4.78 is 37.2. The Hall–Kier alpha value is 0.0300. The lowest BCUT2D eigenvalue weighted by atomic mass is 10.2. The molecule has 0 atom stereocenters. The third-order valence-electron chi connectivity index (χ3n) is 1.26. The van der Waals surface area contributed by atoms with E-state index in [1.165, 1.54) is 6.07 Å². The summed E-state index contributed by atoms with van der Waals surface area (Å²) in [6.45, 7) is 0. The predicted molar refractivity (Wildman–Crippen MR) is 49.1 cm³/mol. The zero-order chi connectivity index (χ0) is 9.30. The quantitative estimate of drug-likeness (QED) is 0.543. The minimum Gasteiger partial charge on any atom is -0.205 e. The van der Waals surface area contributed by atoms with Crippen molar-refractivity contribution in [3.63, 3.8) is 0 Å². The fourth-order valence-corrected chi connectivity index (χ4v) is 1.79. The van der Waals surface area contributed by atoms with E-state index in [2.05, 4.69) is 0 Å². The van der Waals surface area contributed by atoms with Crippen LogP contribution in [0.2, 0.25) is 5.02 Å². The van der Waals surface area contributed by atoms with Crippen LogP contribution in [0.1, 0.15) is 12.0 Å². The molecule has 66 valence electrons. The molecule has 0 heterocycles. The van der Waals surface area contributed by atoms with Crippen molar-refractivity contribution in [1.29, 1.82) is 0 Å². The zero-order valence-electron chi connectivity index (χ0n) is 5.62. The molecule has 0 radical (unpaired) electrons. The van der Waals surface area contributed by atoms with Gasteiger partial charge in [0.1, 0.15) is 5.82 Å². The summed E-state index contributed by atoms with van der Waals surface area (Å²) in [6, 6.07) is 2.23. The van der Waals surface area contributed by atoms with Crippen LogP contribution in [0.15, 0.2) is 12.1 Å². The molecule has 0 aliphatic heterocycles. The normalized spacial score (nSPS) is 10.8. The lowest BCUT2D eigenvalue weighted by Crippen LogP contribution is -1.93. The lowest BCUT2D eigenvalue weighted by Gasteiger charge is -2.03. The molecule has 0 nitrogen and oxygen atoms in total. The molecule has 0 bridgehead atoms. The van der Waals surface area contributed by atoms with Crippen molar-refractivity contribution in [2.45, 2.75) is 6.43 Å². The Kier molecular flexibility index (Phi) is 3.22. The fourth-order valence-electron chi connectivity index (χ4n) is 0.735. The molecule has 0 N–H and O–H groups in total. The van der Waals surface area contributed by atoms with Gasteiger partial charge in [-0.05, 0) is 34.7 Å². The molecule has 1 rings (SSSR count). The highest BCUT2D eigenvalue weighted by atomic mass is 127. The van der Waals surface area contributed by atoms with Gasteiger partial charge in [0.25, 0.3) is 6.43 Å². The van der Waals surface area contributed by atoms with Crippen molar-refractivity contribution in [3.05, 3.63) is 32.1 Å². The van der Waals surface area contributed by atoms with Crippen LogP contribution in [0.4, 0.5) is 13.2 Å². The van der Waals surface area contributed by atoms with Crippen molar-refractivity contribution in [1.82, 2.24) is 0 Å². The van der Waals surface area contributed by atoms with Gasteiger partial charge < -0.3 is 0 Å². The van der Waals surface area contributed by atoms with Crippen LogP contribution in [-0.2, 0) is 0 Å². The number of benzene rings is 1. The van der Waals surface area contributed by atoms with Gasteiger partial charge in [0, 0.05) is 5.02 Å². The van der Waals surface area contributed by atoms with Crippen LogP contribution in [0.3, 0.4) is 0 Å². The smallest absolute Gasteiger partial charge is 0.205 e. The maximum Gasteiger partial charge on any atom is 0.266 e. The highest BCUT2D eigenvalue weighted by Crippen LogP contribution is 2.28. The molecular formula is C7H3ClF3I. The van der Waals surface area contributed by atoms with Gasteiger partial charge in [-0.15, -0.1) is 0 Å². The second-order valence-electron chi connectivity index (χ2n) is 2.09. The van der Waals surface area contributed by atoms with Crippen molar-refractivity contribution in [2.75, 3.05) is 0 Å². The highest BCUT2D eigenvalue weighted by molar-refractivity contribution is 14.1. The molecular weight excluding hydrogens is 303 g/mol. The monoisotopic (exact) mass is 306 g/mol. The average molecular weight is 306 g/mol. The minimum absolute atomic E-state index is 0.107. The largest absolute Gasteiger partial charge is 0.266 e. The number of alkyl halides is 2. The van der Waals surface area contributed by atoms with Crippen LogP contribution in [0, 0.1) is 9.39 Å². The summed E-state index contributed by atoms with van der Waals surface area (Å²) in [6.07, 6.45) is -2.82. The second-order valence-corrected chi connectivity index (χ2v) is 3.69. The Morgan fingerprint density at radius 3 is 2.42 bits per heavy atom. The van der Waals surface area contributed by atoms with Gasteiger partial charge in [0.15, 0.2) is 0 Å². The number of hydrogen-bond acceptors (Lipinski definition) is 0. The first kappa shape index (κ1) is 10.1. The average Bonchev–Trinajstić information content (AvgIpc) is 1.96. The van der Waals surface area contributed by atoms with E-state index in [0.29, 0.717) is 0 Å². The molecule has 1 aromatic carbocycles. The highest BCUT2D eigenvalue weighted by Gasteiger charge is 2.16. The number of hydrogen-bond donors (Lipinski definition) is 0. The second kappa shape index (κ2) is 3.83. The van der Waals surface area contributed by atoms with E-state index in [1.54, 1.807) is 22.6 Å². The first-order valence-corrected chi connectivity index (χ1v) is 4.40. The predicted octanol–water partition coefficient (Wildman–Crippen LogP) is 4.02. The molecule has 0 aliphatic carbocycles. The summed E-state index contributed by atoms with van der Waals surface area (Å²) in [5, 5.41) is 0.121. The van der Waals surface area contributed by atoms with E-state index < -0.39 is 17.8 Å². The summed E-state index contributed by atoms with van der Waals surface area (Å²) in [7, 11) is 0. The molecule has 1 aromatic rings. The summed E-state index contributed by atoms with van der Waals surface area (Å²) in [4.78, 5) is 0. The van der Waals surface area contributed by atoms with Gasteiger partial charge in [-0.25, -0.2) is 13.2 Å². The Labute approximate surface area is 85.9 Å². The number of rotatable bonds is 1. The van der Waals surface area contributed by atoms with Crippen molar-refractivity contribution >= 4 is 34.2 Å². The van der Waals surface area contributed by atoms with E-state index in [9.17, 15) is 13.2 Å². The Morgan fingerprint density at radius 1 is 1.33 bits per heavy atom. The number of halogens is 5. The molecule has 0 aromatic heterocycles. The van der Waals surface area contributed by atoms with Gasteiger partial charge >= 0.3 is 0 Å². The zero-order valence-corrected chi connectivity index (χ0v) is 8.54. The molecule has 0 spiro atoms. The molecule has 0 saturated heterocycles. The fraction of sp³-hybridized carbons (Fsp3) is 0.143. The lowest BCUT2D eigenvalue weighted by molar-refractivity contribution is 0.146. The van der Waals surface area contributed by atoms with Crippen LogP contribution < -0.4 is 0 Å². The SMILES string of the molecule is Fc1c(I)cc(Cl)cc1C(F)F. The summed E-state index contributed by atoms with van der Waals surface area (Å²) in [5.41, 5.74) is -0.646. The summed E-state index contributed by atoms with van der Waals surface area (Å²) >= 11 is 7.08. The van der Waals surface area contributed by atoms with Crippen molar-refractivity contribution < 1.29 is 13.2 Å². The first-order chi connectivity index (χ1) is 5.52. The van der Waals surface area contributed by atoms with Gasteiger partial charge in [-0.3, -0.25) is 0 Å².